The number of ketones is 1. The minimum Gasteiger partial charge on any atom is -0.295 e. The van der Waals surface area contributed by atoms with Gasteiger partial charge in [-0.2, -0.15) is 15.5 Å². The molecule has 1 fully saturated rings. The molecule has 0 bridgehead atoms. The van der Waals surface area contributed by atoms with Gasteiger partial charge in [0, 0.05) is 12.3 Å². The molecule has 30 heavy (non-hydrogen) atoms. The van der Waals surface area contributed by atoms with E-state index in [4.69, 9.17) is 0 Å². The highest BCUT2D eigenvalue weighted by atomic mass is 19.1. The topological polar surface area (TPSA) is 65.6 Å². The van der Waals surface area contributed by atoms with Gasteiger partial charge >= 0.3 is 0 Å². The van der Waals surface area contributed by atoms with Crippen molar-refractivity contribution < 1.29 is 9.18 Å². The zero-order chi connectivity index (χ0) is 20.9. The lowest BCUT2D eigenvalue weighted by molar-refractivity contribution is -0.116. The number of benzene rings is 2. The van der Waals surface area contributed by atoms with Crippen LogP contribution in [-0.4, -0.2) is 17.2 Å². The smallest absolute Gasteiger partial charge is 0.155 e. The normalized spacial score (nSPS) is 27.0. The molecule has 3 atom stereocenters. The van der Waals surface area contributed by atoms with Gasteiger partial charge in [0.2, 0.25) is 0 Å². The van der Waals surface area contributed by atoms with E-state index >= 15 is 0 Å². The van der Waals surface area contributed by atoms with Crippen molar-refractivity contribution in [3.8, 4) is 6.07 Å². The van der Waals surface area contributed by atoms with Gasteiger partial charge in [-0.15, -0.1) is 0 Å². The molecular formula is C25H20FN3O. The number of fused-ring (bicyclic) bond motifs is 3. The van der Waals surface area contributed by atoms with Crippen LogP contribution in [0.5, 0.6) is 0 Å². The molecule has 148 valence electrons. The third-order valence-electron chi connectivity index (χ3n) is 6.72. The Morgan fingerprint density at radius 1 is 1.17 bits per heavy atom. The van der Waals surface area contributed by atoms with E-state index in [-0.39, 0.29) is 23.4 Å². The second kappa shape index (κ2) is 6.84. The Balaban J connectivity index is 1.69. The molecule has 1 aliphatic heterocycles. The summed E-state index contributed by atoms with van der Waals surface area (Å²) >= 11 is 0. The van der Waals surface area contributed by atoms with Gasteiger partial charge in [0.1, 0.15) is 5.82 Å². The lowest BCUT2D eigenvalue weighted by Crippen LogP contribution is -2.51. The average molecular weight is 397 g/mol. The van der Waals surface area contributed by atoms with Gasteiger partial charge < -0.3 is 0 Å². The second-order valence-electron chi connectivity index (χ2n) is 8.34. The molecule has 2 aromatic rings. The third-order valence-corrected chi connectivity index (χ3v) is 6.72. The number of hydrogen-bond donors (Lipinski definition) is 0. The van der Waals surface area contributed by atoms with Crippen LogP contribution in [-0.2, 0) is 10.2 Å². The van der Waals surface area contributed by atoms with Crippen LogP contribution >= 0.6 is 0 Å². The Morgan fingerprint density at radius 3 is 2.70 bits per heavy atom. The molecule has 3 aliphatic rings. The van der Waals surface area contributed by atoms with Crippen LogP contribution in [0.3, 0.4) is 0 Å². The van der Waals surface area contributed by atoms with E-state index in [1.165, 1.54) is 12.1 Å². The zero-order valence-electron chi connectivity index (χ0n) is 16.6. The van der Waals surface area contributed by atoms with Crippen LogP contribution in [0.1, 0.15) is 41.5 Å². The van der Waals surface area contributed by atoms with E-state index in [9.17, 15) is 14.4 Å². The fourth-order valence-corrected chi connectivity index (χ4v) is 5.21. The van der Waals surface area contributed by atoms with Crippen LogP contribution < -0.4 is 0 Å². The molecule has 1 saturated carbocycles. The van der Waals surface area contributed by atoms with Gasteiger partial charge in [-0.1, -0.05) is 30.3 Å². The summed E-state index contributed by atoms with van der Waals surface area (Å²) in [7, 11) is 0. The Morgan fingerprint density at radius 2 is 1.97 bits per heavy atom. The molecule has 2 aromatic carbocycles. The van der Waals surface area contributed by atoms with Gasteiger partial charge in [-0.25, -0.2) is 4.39 Å². The summed E-state index contributed by atoms with van der Waals surface area (Å²) < 4.78 is 13.6. The van der Waals surface area contributed by atoms with Gasteiger partial charge in [0.15, 0.2) is 5.78 Å². The first kappa shape index (κ1) is 18.6. The van der Waals surface area contributed by atoms with Crippen LogP contribution in [0.25, 0.3) is 0 Å². The van der Waals surface area contributed by atoms with E-state index in [2.05, 4.69) is 22.3 Å². The summed E-state index contributed by atoms with van der Waals surface area (Å²) in [4.78, 5) is 12.0. The van der Waals surface area contributed by atoms with Gasteiger partial charge in [0.25, 0.3) is 0 Å². The van der Waals surface area contributed by atoms with Crippen molar-refractivity contribution in [1.82, 2.24) is 0 Å². The number of halogens is 1. The number of aryl methyl sites for hydroxylation is 1. The SMILES string of the molecule is Cc1cc([C@@]23CCC4CC(=O)C=CC4C2=NN=C3c2ccc(F)cc2)ccc1C#N. The van der Waals surface area contributed by atoms with Gasteiger partial charge in [-0.3, -0.25) is 4.79 Å². The number of carbonyl (C=O) groups is 1. The third kappa shape index (κ3) is 2.68. The van der Waals surface area contributed by atoms with Crippen molar-refractivity contribution in [3.05, 3.63) is 82.7 Å². The second-order valence-corrected chi connectivity index (χ2v) is 8.34. The summed E-state index contributed by atoms with van der Waals surface area (Å²) in [5, 5.41) is 18.6. The fourth-order valence-electron chi connectivity index (χ4n) is 5.21. The molecule has 0 amide bonds. The minimum atomic E-state index is -0.539. The molecular weight excluding hydrogens is 377 g/mol. The summed E-state index contributed by atoms with van der Waals surface area (Å²) in [6.07, 6.45) is 5.83. The molecule has 2 unspecified atom stereocenters. The van der Waals surface area contributed by atoms with Crippen LogP contribution in [0, 0.1) is 35.9 Å². The number of nitriles is 1. The number of allylic oxidation sites excluding steroid dienone is 2. The standard InChI is InChI=1S/C25H20FN3O/c1-15-12-19(5-2-18(15)14-27)25-11-10-17-13-21(30)8-9-22(17)24(25)29-28-23(25)16-3-6-20(26)7-4-16/h2-9,12,17,22H,10-11,13H2,1H3/t17?,22?,25-/m1/s1. The molecule has 0 N–H and O–H groups in total. The molecule has 4 nitrogen and oxygen atoms in total. The highest BCUT2D eigenvalue weighted by Gasteiger charge is 2.53. The molecule has 2 aliphatic carbocycles. The maximum atomic E-state index is 13.6. The van der Waals surface area contributed by atoms with E-state index < -0.39 is 5.41 Å². The summed E-state index contributed by atoms with van der Waals surface area (Å²) in [6.45, 7) is 1.93. The van der Waals surface area contributed by atoms with Crippen molar-refractivity contribution >= 4 is 17.2 Å². The predicted octanol–water partition coefficient (Wildman–Crippen LogP) is 4.66. The highest BCUT2D eigenvalue weighted by molar-refractivity contribution is 6.27. The first-order valence-electron chi connectivity index (χ1n) is 10.2. The quantitative estimate of drug-likeness (QED) is 0.740. The lowest BCUT2D eigenvalue weighted by Gasteiger charge is -2.44. The van der Waals surface area contributed by atoms with E-state index in [0.717, 1.165) is 41.0 Å². The number of carbonyl (C=O) groups excluding carboxylic acids is 1. The summed E-state index contributed by atoms with van der Waals surface area (Å²) in [5.74, 6) is 0.154. The maximum Gasteiger partial charge on any atom is 0.155 e. The van der Waals surface area contributed by atoms with Crippen molar-refractivity contribution in [2.45, 2.75) is 31.6 Å². The first-order valence-corrected chi connectivity index (χ1v) is 10.2. The predicted molar refractivity (Wildman–Crippen MR) is 113 cm³/mol. The van der Waals surface area contributed by atoms with Crippen LogP contribution in [0.4, 0.5) is 4.39 Å². The van der Waals surface area contributed by atoms with Crippen LogP contribution in [0.15, 0.2) is 64.8 Å². The number of hydrogen-bond acceptors (Lipinski definition) is 4. The molecule has 1 heterocycles. The average Bonchev–Trinajstić information content (AvgIpc) is 3.15. The zero-order valence-corrected chi connectivity index (χ0v) is 16.6. The molecule has 5 heteroatoms. The molecule has 5 rings (SSSR count). The Hall–Kier alpha value is -3.39. The highest BCUT2D eigenvalue weighted by Crippen LogP contribution is 2.50. The van der Waals surface area contributed by atoms with Crippen LogP contribution in [0.2, 0.25) is 0 Å². The van der Waals surface area contributed by atoms with Crippen molar-refractivity contribution in [1.29, 1.82) is 5.26 Å². The maximum absolute atomic E-state index is 13.6. The monoisotopic (exact) mass is 397 g/mol. The Bertz CT molecular complexity index is 1190. The van der Waals surface area contributed by atoms with Gasteiger partial charge in [-0.05, 0) is 66.6 Å². The molecule has 0 spiro atoms. The van der Waals surface area contributed by atoms with Gasteiger partial charge in [0.05, 0.1) is 28.5 Å². The van der Waals surface area contributed by atoms with E-state index in [1.807, 2.05) is 25.1 Å². The van der Waals surface area contributed by atoms with E-state index in [1.54, 1.807) is 18.2 Å². The van der Waals surface area contributed by atoms with Crippen molar-refractivity contribution in [3.63, 3.8) is 0 Å². The summed E-state index contributed by atoms with van der Waals surface area (Å²) in [6, 6.07) is 14.5. The van der Waals surface area contributed by atoms with Crippen molar-refractivity contribution in [2.75, 3.05) is 0 Å². The summed E-state index contributed by atoms with van der Waals surface area (Å²) in [5.41, 5.74) is 4.65. The molecule has 0 radical (unpaired) electrons. The molecule has 0 saturated heterocycles. The molecule has 0 aromatic heterocycles. The first-order chi connectivity index (χ1) is 14.5. The van der Waals surface area contributed by atoms with E-state index in [0.29, 0.717) is 12.0 Å². The largest absolute Gasteiger partial charge is 0.295 e. The fraction of sp³-hybridized carbons (Fsp3) is 0.280. The number of nitrogens with zero attached hydrogens (tertiary/aromatic N) is 3. The minimum absolute atomic E-state index is 0.0501. The van der Waals surface area contributed by atoms with Crippen molar-refractivity contribution in [2.24, 2.45) is 22.0 Å². The Kier molecular flexibility index (Phi) is 4.25. The Labute approximate surface area is 174 Å². The lowest BCUT2D eigenvalue weighted by atomic mass is 9.56. The number of rotatable bonds is 2.